The van der Waals surface area contributed by atoms with Crippen molar-refractivity contribution >= 4 is 168 Å². The van der Waals surface area contributed by atoms with E-state index in [0.29, 0.717) is 49.1 Å². The predicted molar refractivity (Wildman–Crippen MR) is 217 cm³/mol. The number of alkyl halides is 2. The maximum Gasteiger partial charge on any atom is 0.269 e. The zero-order valence-electron chi connectivity index (χ0n) is 24.1. The number of imide groups is 2. The molecule has 0 aromatic heterocycles. The van der Waals surface area contributed by atoms with Gasteiger partial charge in [0.25, 0.3) is 11.8 Å². The standard InChI is InChI=1S/C10H12ClN3O2.C6H5Cl2NO2.C4H6ClN.C4H8N2.CH4.2ClH.I3.HI.V/c11-9-6(4-8(15)13-10(9)16)5-14-3-1-2-7(14)12;7-2-3-1-4(10)9-6(11)5(3)8;5-3-1-2-4-6;5-4-2-1-3-6-4;;;;1-3-2;;/h12H,1-5H2,(H,13,15,16);1-2H2,(H,9,10,11);1-3H2;1-3H2,(H2,5,6);1H4;2*1H;;1H;/q;;;;;;;-1;;. The van der Waals surface area contributed by atoms with E-state index in [0.717, 1.165) is 51.0 Å². The van der Waals surface area contributed by atoms with E-state index in [1.54, 1.807) is 0 Å². The first-order valence-corrected chi connectivity index (χ1v) is 26.8. The maximum atomic E-state index is 11.3. The molecule has 273 valence electrons. The summed E-state index contributed by atoms with van der Waals surface area (Å²) >= 11 is 27.3. The molecule has 0 spiro atoms. The molecule has 4 aliphatic heterocycles. The van der Waals surface area contributed by atoms with Crippen molar-refractivity contribution in [3.05, 3.63) is 21.2 Å². The van der Waals surface area contributed by atoms with E-state index in [-0.39, 0.29) is 115 Å². The molecule has 0 aliphatic carbocycles. The van der Waals surface area contributed by atoms with Crippen LogP contribution in [-0.4, -0.2) is 71.6 Å². The third-order valence-corrected chi connectivity index (χ3v) is 6.84. The van der Waals surface area contributed by atoms with Crippen LogP contribution in [0.4, 0.5) is 0 Å². The third kappa shape index (κ3) is 27.7. The van der Waals surface area contributed by atoms with Crippen molar-refractivity contribution in [2.45, 2.75) is 58.8 Å². The molecule has 11 nitrogen and oxygen atoms in total. The van der Waals surface area contributed by atoms with Crippen molar-refractivity contribution in [2.75, 3.05) is 31.4 Å². The summed E-state index contributed by atoms with van der Waals surface area (Å²) in [7, 11) is 0. The normalized spacial score (nSPS) is 15.9. The maximum absolute atomic E-state index is 11.3. The fraction of sp³-hybridized carbons (Fsp3) is 0.560. The molecular formula is C25H38Cl6I4N7O4V-. The van der Waals surface area contributed by atoms with Gasteiger partial charge >= 0.3 is 50.5 Å². The second kappa shape index (κ2) is 37.2. The van der Waals surface area contributed by atoms with Crippen molar-refractivity contribution in [1.82, 2.24) is 15.5 Å². The second-order valence-electron chi connectivity index (χ2n) is 8.53. The average molecular weight is 1270 g/mol. The van der Waals surface area contributed by atoms with E-state index < -0.39 is 11.8 Å². The number of halogens is 10. The molecule has 0 saturated carbocycles. The molecule has 1 saturated heterocycles. The summed E-state index contributed by atoms with van der Waals surface area (Å²) in [6.07, 6.45) is 5.55. The van der Waals surface area contributed by atoms with E-state index in [2.05, 4.69) is 52.9 Å². The molecule has 1 radical (unpaired) electrons. The van der Waals surface area contributed by atoms with Crippen molar-refractivity contribution < 1.29 is 51.0 Å². The van der Waals surface area contributed by atoms with Gasteiger partial charge in [-0.25, -0.2) is 0 Å². The predicted octanol–water partition coefficient (Wildman–Crippen LogP) is 3.90. The topological polar surface area (TPSA) is 182 Å². The van der Waals surface area contributed by atoms with Gasteiger partial charge in [-0.2, -0.15) is 5.26 Å². The van der Waals surface area contributed by atoms with E-state index in [4.69, 9.17) is 62.8 Å². The number of nitriles is 1. The number of nitrogens with two attached hydrogens (primary N) is 1. The summed E-state index contributed by atoms with van der Waals surface area (Å²) in [5.41, 5.74) is 6.39. The van der Waals surface area contributed by atoms with Crippen LogP contribution in [0.5, 0.6) is 0 Å². The minimum atomic E-state index is -0.557. The Morgan fingerprint density at radius 3 is 1.79 bits per heavy atom. The number of nitrogens with one attached hydrogen (secondary N) is 3. The molecule has 5 N–H and O–H groups in total. The van der Waals surface area contributed by atoms with Gasteiger partial charge in [0.05, 0.1) is 30.6 Å². The summed E-state index contributed by atoms with van der Waals surface area (Å²) < 4.78 is 0. The zero-order valence-corrected chi connectivity index (χ0v) is 38.9. The quantitative estimate of drug-likeness (QED) is 0.140. The monoisotopic (exact) mass is 1270 g/mol. The first-order chi connectivity index (χ1) is 19.9. The Hall–Kier alpha value is 1.43. The Kier molecular flexibility index (Phi) is 47.9. The van der Waals surface area contributed by atoms with E-state index in [9.17, 15) is 19.2 Å². The second-order valence-corrected chi connectivity index (χ2v) is 26.2. The zero-order chi connectivity index (χ0) is 32.1. The number of amidine groups is 2. The molecule has 4 heterocycles. The molecular weight excluding hydrogens is 1230 g/mol. The molecule has 4 rings (SSSR count). The van der Waals surface area contributed by atoms with E-state index >= 15 is 0 Å². The van der Waals surface area contributed by atoms with Crippen LogP contribution in [0.1, 0.15) is 58.8 Å². The van der Waals surface area contributed by atoms with Gasteiger partial charge in [0, 0.05) is 69.2 Å². The molecule has 0 atom stereocenters. The van der Waals surface area contributed by atoms with E-state index in [1.807, 2.05) is 11.0 Å². The number of carbonyl (C=O) groups is 4. The van der Waals surface area contributed by atoms with Crippen LogP contribution in [0.3, 0.4) is 0 Å². The first kappa shape index (κ1) is 60.5. The fourth-order valence-electron chi connectivity index (χ4n) is 3.39. The van der Waals surface area contributed by atoms with Gasteiger partial charge in [-0.1, -0.05) is 30.6 Å². The van der Waals surface area contributed by atoms with Gasteiger partial charge in [0.15, 0.2) is 0 Å². The van der Waals surface area contributed by atoms with Crippen LogP contribution in [-0.2, 0) is 37.7 Å². The number of hydrogen-bond donors (Lipinski definition) is 4. The number of carbonyl (C=O) groups excluding carboxylic acids is 4. The summed E-state index contributed by atoms with van der Waals surface area (Å²) in [4.78, 5) is 49.7. The van der Waals surface area contributed by atoms with Gasteiger partial charge in [-0.15, -0.1) is 72.0 Å². The molecule has 1 fully saturated rings. The fourth-order valence-corrected chi connectivity index (χ4v) is 4.17. The Morgan fingerprint density at radius 2 is 1.47 bits per heavy atom. The summed E-state index contributed by atoms with van der Waals surface area (Å²) in [6, 6.07) is 1.98. The van der Waals surface area contributed by atoms with Crippen LogP contribution < -0.4 is 29.6 Å². The number of unbranched alkanes of at least 4 members (excludes halogenated alkanes) is 1. The summed E-state index contributed by atoms with van der Waals surface area (Å²) in [5.74, 6) is 0.346. The molecule has 4 aliphatic rings. The van der Waals surface area contributed by atoms with Crippen LogP contribution in [0.15, 0.2) is 26.2 Å². The Labute approximate surface area is 368 Å². The number of hydrogen-bond acceptors (Lipinski definition) is 8. The van der Waals surface area contributed by atoms with Crippen LogP contribution >= 0.6 is 132 Å². The van der Waals surface area contributed by atoms with Gasteiger partial charge in [0.2, 0.25) is 11.8 Å². The molecule has 4 amide bonds. The van der Waals surface area contributed by atoms with E-state index in [1.165, 1.54) is 0 Å². The smallest absolute Gasteiger partial charge is 0.269 e. The Morgan fingerprint density at radius 1 is 0.979 bits per heavy atom. The molecule has 0 bridgehead atoms. The van der Waals surface area contributed by atoms with Crippen molar-refractivity contribution in [2.24, 2.45) is 10.7 Å². The van der Waals surface area contributed by atoms with Gasteiger partial charge in [0.1, 0.15) is 10.1 Å². The van der Waals surface area contributed by atoms with Gasteiger partial charge in [-0.05, 0) is 30.4 Å². The first-order valence-electron chi connectivity index (χ1n) is 12.4. The van der Waals surface area contributed by atoms with Crippen LogP contribution in [0, 0.1) is 16.7 Å². The Bertz CT molecular complexity index is 1130. The average Bonchev–Trinajstić information content (AvgIpc) is 3.59. The summed E-state index contributed by atoms with van der Waals surface area (Å²) in [6.45, 7) is 2.16. The Balaban J connectivity index is -0.000000120. The molecule has 0 unspecified atom stereocenters. The van der Waals surface area contributed by atoms with Gasteiger partial charge < -0.3 is 10.6 Å². The van der Waals surface area contributed by atoms with Crippen LogP contribution in [0.2, 0.25) is 0 Å². The number of nitrogens with zero attached hydrogens (tertiary/aromatic N) is 3. The minimum Gasteiger partial charge on any atom is -0.387 e. The molecule has 0 aromatic rings. The largest absolute Gasteiger partial charge is 0.387 e. The number of likely N-dealkylation sites (tertiary alicyclic amines) is 1. The summed E-state index contributed by atoms with van der Waals surface area (Å²) in [5, 5.41) is 19.9. The van der Waals surface area contributed by atoms with Crippen molar-refractivity contribution in [1.29, 1.82) is 10.7 Å². The van der Waals surface area contributed by atoms with Crippen LogP contribution in [0.25, 0.3) is 0 Å². The number of amides is 4. The molecule has 22 heteroatoms. The van der Waals surface area contributed by atoms with Crippen molar-refractivity contribution in [3.63, 3.8) is 0 Å². The van der Waals surface area contributed by atoms with Crippen molar-refractivity contribution in [3.8, 4) is 6.07 Å². The van der Waals surface area contributed by atoms with Gasteiger partial charge in [-0.3, -0.25) is 40.2 Å². The third-order valence-electron chi connectivity index (χ3n) is 5.37. The molecule has 0 aromatic carbocycles. The number of aliphatic imine (C=N–C) groups is 1. The SMILES string of the molecule is C.Cl.Cl.I.I[I-]I.N#CCCCCl.N=C1CCCN1CC1=C(Cl)C(=O)NC(=O)C1.NC1=NCCC1.O=C1CC(CCl)=C(Cl)C(=O)N1.[V]. The number of rotatable bonds is 5. The molecule has 47 heavy (non-hydrogen) atoms. The minimum absolute atomic E-state index is 0.